The average molecular weight is 196 g/mol. The summed E-state index contributed by atoms with van der Waals surface area (Å²) < 4.78 is 0. The molecule has 0 fully saturated rings. The van der Waals surface area contributed by atoms with E-state index in [1.165, 1.54) is 0 Å². The van der Waals surface area contributed by atoms with Crippen molar-refractivity contribution in [1.82, 2.24) is 0 Å². The molecule has 1 rings (SSSR count). The van der Waals surface area contributed by atoms with Gasteiger partial charge in [0, 0.05) is 24.5 Å². The minimum atomic E-state index is 0.0643. The van der Waals surface area contributed by atoms with Crippen LogP contribution >= 0.6 is 0 Å². The van der Waals surface area contributed by atoms with E-state index in [-0.39, 0.29) is 13.2 Å². The minimum absolute atomic E-state index is 0.0643. The van der Waals surface area contributed by atoms with Crippen LogP contribution in [0.4, 0.5) is 11.4 Å². The van der Waals surface area contributed by atoms with Gasteiger partial charge in [-0.2, -0.15) is 0 Å². The van der Waals surface area contributed by atoms with Gasteiger partial charge in [-0.15, -0.1) is 0 Å². The number of hydrogen-bond donors (Lipinski definition) is 3. The first-order chi connectivity index (χ1) is 6.77. The molecular weight excluding hydrogens is 180 g/mol. The standard InChI is InChI=1S/C10H16N2O2/c11-9-2-1-3-10(8-9)12(4-6-13)5-7-14/h1-3,8,13-14H,4-7,11H2. The fourth-order valence-corrected chi connectivity index (χ4v) is 1.33. The second-order valence-corrected chi connectivity index (χ2v) is 3.03. The zero-order chi connectivity index (χ0) is 10.4. The zero-order valence-electron chi connectivity index (χ0n) is 8.06. The predicted molar refractivity (Wildman–Crippen MR) is 57.2 cm³/mol. The maximum Gasteiger partial charge on any atom is 0.0606 e. The number of nitrogen functional groups attached to an aromatic ring is 1. The van der Waals surface area contributed by atoms with Crippen LogP contribution in [0.25, 0.3) is 0 Å². The van der Waals surface area contributed by atoms with E-state index in [0.29, 0.717) is 18.8 Å². The third-order valence-electron chi connectivity index (χ3n) is 1.98. The smallest absolute Gasteiger partial charge is 0.0606 e. The van der Waals surface area contributed by atoms with Crippen LogP contribution in [0.5, 0.6) is 0 Å². The quantitative estimate of drug-likeness (QED) is 0.582. The normalized spacial score (nSPS) is 10.1. The van der Waals surface area contributed by atoms with Gasteiger partial charge in [0.05, 0.1) is 13.2 Å². The molecule has 0 heterocycles. The molecule has 0 radical (unpaired) electrons. The Balaban J connectivity index is 2.75. The van der Waals surface area contributed by atoms with Gasteiger partial charge in [0.2, 0.25) is 0 Å². The molecule has 0 bridgehead atoms. The molecular formula is C10H16N2O2. The highest BCUT2D eigenvalue weighted by atomic mass is 16.3. The van der Waals surface area contributed by atoms with Crippen molar-refractivity contribution >= 4 is 11.4 Å². The van der Waals surface area contributed by atoms with Crippen molar-refractivity contribution in [2.24, 2.45) is 0 Å². The van der Waals surface area contributed by atoms with Gasteiger partial charge >= 0.3 is 0 Å². The lowest BCUT2D eigenvalue weighted by Crippen LogP contribution is -2.29. The summed E-state index contributed by atoms with van der Waals surface area (Å²) in [7, 11) is 0. The second-order valence-electron chi connectivity index (χ2n) is 3.03. The Labute approximate surface area is 83.6 Å². The van der Waals surface area contributed by atoms with E-state index in [1.54, 1.807) is 6.07 Å². The number of nitrogens with zero attached hydrogens (tertiary/aromatic N) is 1. The van der Waals surface area contributed by atoms with E-state index >= 15 is 0 Å². The molecule has 0 aliphatic heterocycles. The van der Waals surface area contributed by atoms with Crippen LogP contribution in [0.1, 0.15) is 0 Å². The highest BCUT2D eigenvalue weighted by molar-refractivity contribution is 5.55. The Kier molecular flexibility index (Phi) is 4.22. The van der Waals surface area contributed by atoms with Crippen molar-refractivity contribution in [2.75, 3.05) is 36.9 Å². The molecule has 0 saturated carbocycles. The molecule has 0 saturated heterocycles. The van der Waals surface area contributed by atoms with Gasteiger partial charge in [-0.25, -0.2) is 0 Å². The number of rotatable bonds is 5. The molecule has 0 aliphatic rings. The Hall–Kier alpha value is -1.26. The number of hydrogen-bond acceptors (Lipinski definition) is 4. The summed E-state index contributed by atoms with van der Waals surface area (Å²) in [6.07, 6.45) is 0. The molecule has 0 aliphatic carbocycles. The SMILES string of the molecule is Nc1cccc(N(CCO)CCO)c1. The Morgan fingerprint density at radius 3 is 2.29 bits per heavy atom. The number of nitrogens with two attached hydrogens (primary N) is 1. The molecule has 0 amide bonds. The number of anilines is 2. The van der Waals surface area contributed by atoms with Gasteiger partial charge in [-0.1, -0.05) is 6.07 Å². The fourth-order valence-electron chi connectivity index (χ4n) is 1.33. The summed E-state index contributed by atoms with van der Waals surface area (Å²) in [6, 6.07) is 7.39. The molecule has 0 unspecified atom stereocenters. The van der Waals surface area contributed by atoms with E-state index in [0.717, 1.165) is 5.69 Å². The van der Waals surface area contributed by atoms with Crippen LogP contribution in [-0.4, -0.2) is 36.5 Å². The monoisotopic (exact) mass is 196 g/mol. The van der Waals surface area contributed by atoms with Crippen LogP contribution in [-0.2, 0) is 0 Å². The van der Waals surface area contributed by atoms with Crippen LogP contribution in [0.2, 0.25) is 0 Å². The molecule has 14 heavy (non-hydrogen) atoms. The van der Waals surface area contributed by atoms with Gasteiger partial charge in [0.15, 0.2) is 0 Å². The van der Waals surface area contributed by atoms with Crippen LogP contribution in [0.3, 0.4) is 0 Å². The van der Waals surface area contributed by atoms with Crippen molar-refractivity contribution in [1.29, 1.82) is 0 Å². The molecule has 0 atom stereocenters. The highest BCUT2D eigenvalue weighted by Gasteiger charge is 2.04. The Morgan fingerprint density at radius 2 is 1.79 bits per heavy atom. The van der Waals surface area contributed by atoms with Gasteiger partial charge in [-0.05, 0) is 18.2 Å². The van der Waals surface area contributed by atoms with Crippen LogP contribution in [0, 0.1) is 0 Å². The summed E-state index contributed by atoms with van der Waals surface area (Å²) in [5.74, 6) is 0. The first-order valence-electron chi connectivity index (χ1n) is 4.60. The summed E-state index contributed by atoms with van der Waals surface area (Å²) in [5.41, 5.74) is 7.24. The van der Waals surface area contributed by atoms with Crippen molar-refractivity contribution in [3.63, 3.8) is 0 Å². The molecule has 78 valence electrons. The fraction of sp³-hybridized carbons (Fsp3) is 0.400. The number of aliphatic hydroxyl groups excluding tert-OH is 2. The maximum absolute atomic E-state index is 8.84. The molecule has 0 spiro atoms. The Morgan fingerprint density at radius 1 is 1.14 bits per heavy atom. The van der Waals surface area contributed by atoms with Crippen molar-refractivity contribution in [3.8, 4) is 0 Å². The third-order valence-corrected chi connectivity index (χ3v) is 1.98. The van der Waals surface area contributed by atoms with Gasteiger partial charge in [0.1, 0.15) is 0 Å². The van der Waals surface area contributed by atoms with Crippen molar-refractivity contribution < 1.29 is 10.2 Å². The highest BCUT2D eigenvalue weighted by Crippen LogP contribution is 2.16. The average Bonchev–Trinajstić information content (AvgIpc) is 2.17. The lowest BCUT2D eigenvalue weighted by Gasteiger charge is -2.23. The van der Waals surface area contributed by atoms with Crippen LogP contribution < -0.4 is 10.6 Å². The van der Waals surface area contributed by atoms with E-state index in [4.69, 9.17) is 15.9 Å². The molecule has 4 N–H and O–H groups in total. The number of benzene rings is 1. The zero-order valence-corrected chi connectivity index (χ0v) is 8.06. The summed E-state index contributed by atoms with van der Waals surface area (Å²) in [5, 5.41) is 17.7. The molecule has 1 aromatic rings. The van der Waals surface area contributed by atoms with E-state index < -0.39 is 0 Å². The second kappa shape index (κ2) is 5.47. The topological polar surface area (TPSA) is 69.7 Å². The van der Waals surface area contributed by atoms with Gasteiger partial charge in [0.25, 0.3) is 0 Å². The van der Waals surface area contributed by atoms with Crippen molar-refractivity contribution in [2.45, 2.75) is 0 Å². The van der Waals surface area contributed by atoms with Crippen molar-refractivity contribution in [3.05, 3.63) is 24.3 Å². The van der Waals surface area contributed by atoms with Gasteiger partial charge in [-0.3, -0.25) is 0 Å². The molecule has 4 nitrogen and oxygen atoms in total. The minimum Gasteiger partial charge on any atom is -0.399 e. The molecule has 1 aromatic carbocycles. The van der Waals surface area contributed by atoms with E-state index in [2.05, 4.69) is 0 Å². The van der Waals surface area contributed by atoms with E-state index in [1.807, 2.05) is 23.1 Å². The maximum atomic E-state index is 8.84. The summed E-state index contributed by atoms with van der Waals surface area (Å²) in [6.45, 7) is 1.14. The summed E-state index contributed by atoms with van der Waals surface area (Å²) >= 11 is 0. The summed E-state index contributed by atoms with van der Waals surface area (Å²) in [4.78, 5) is 1.89. The first kappa shape index (κ1) is 10.8. The predicted octanol–water partition coefficient (Wildman–Crippen LogP) is 0.0598. The molecule has 0 aromatic heterocycles. The Bertz CT molecular complexity index is 273. The molecule has 4 heteroatoms. The number of aliphatic hydroxyl groups is 2. The third kappa shape index (κ3) is 2.90. The van der Waals surface area contributed by atoms with Crippen LogP contribution in [0.15, 0.2) is 24.3 Å². The lowest BCUT2D eigenvalue weighted by atomic mass is 10.2. The lowest BCUT2D eigenvalue weighted by molar-refractivity contribution is 0.281. The first-order valence-corrected chi connectivity index (χ1v) is 4.60. The van der Waals surface area contributed by atoms with E-state index in [9.17, 15) is 0 Å². The largest absolute Gasteiger partial charge is 0.399 e. The van der Waals surface area contributed by atoms with Gasteiger partial charge < -0.3 is 20.8 Å².